The minimum atomic E-state index is 0. The van der Waals surface area contributed by atoms with Crippen molar-refractivity contribution >= 4 is 0 Å². The molecular weight excluding hydrogens is 281 g/mol. The summed E-state index contributed by atoms with van der Waals surface area (Å²) in [5, 5.41) is 0. The molecule has 1 heterocycles. The summed E-state index contributed by atoms with van der Waals surface area (Å²) in [6.45, 7) is 3.18. The predicted molar refractivity (Wildman–Crippen MR) is 31.3 cm³/mol. The van der Waals surface area contributed by atoms with E-state index in [2.05, 4.69) is 24.0 Å². The Morgan fingerprint density at radius 3 is 2.18 bits per heavy atom. The van der Waals surface area contributed by atoms with Crippen molar-refractivity contribution in [3.05, 3.63) is 18.7 Å². The van der Waals surface area contributed by atoms with Gasteiger partial charge in [-0.2, -0.15) is 0 Å². The van der Waals surface area contributed by atoms with Gasteiger partial charge >= 0.3 is 0 Å². The van der Waals surface area contributed by atoms with Crippen LogP contribution in [0.1, 0.15) is 6.92 Å². The summed E-state index contributed by atoms with van der Waals surface area (Å²) in [6.07, 6.45) is 6.14. The van der Waals surface area contributed by atoms with Crippen molar-refractivity contribution < 1.29 is 53.4 Å². The van der Waals surface area contributed by atoms with Crippen molar-refractivity contribution in [3.8, 4) is 0 Å². The summed E-state index contributed by atoms with van der Waals surface area (Å²) in [5.41, 5.74) is 0. The van der Waals surface area contributed by atoms with E-state index in [-0.39, 0.29) is 48.9 Å². The molecule has 0 radical (unpaired) electrons. The Bertz CT molecular complexity index is 181. The van der Waals surface area contributed by atoms with Gasteiger partial charge in [-0.25, -0.2) is 9.13 Å². The fourth-order valence-electron chi connectivity index (χ4n) is 0.689. The van der Waals surface area contributed by atoms with Crippen molar-refractivity contribution in [2.75, 3.05) is 0 Å². The topological polar surface area (TPSA) is 8.81 Å². The summed E-state index contributed by atoms with van der Waals surface area (Å²) in [4.78, 5) is 0. The van der Waals surface area contributed by atoms with Crippen molar-refractivity contribution in [2.24, 2.45) is 7.05 Å². The fourth-order valence-corrected chi connectivity index (χ4v) is 0.689. The fraction of sp³-hybridized carbons (Fsp3) is 0.500. The van der Waals surface area contributed by atoms with Crippen molar-refractivity contribution in [1.82, 2.24) is 4.57 Å². The second-order valence-corrected chi connectivity index (χ2v) is 1.91. The largest absolute Gasteiger partial charge is 1.00 e. The van der Waals surface area contributed by atoms with Gasteiger partial charge in [-0.05, 0) is 6.92 Å². The van der Waals surface area contributed by atoms with Crippen molar-refractivity contribution in [1.29, 1.82) is 0 Å². The molecule has 0 aliphatic carbocycles. The third-order valence-corrected chi connectivity index (χ3v) is 1.19. The Kier molecular flexibility index (Phi) is 13.9. The summed E-state index contributed by atoms with van der Waals surface area (Å²) in [5.74, 6) is 0. The number of nitrogens with zero attached hydrogens (tertiary/aromatic N) is 2. The molecule has 5 heteroatoms. The number of imidazole rings is 1. The Morgan fingerprint density at radius 1 is 1.45 bits per heavy atom. The average molecular weight is 292 g/mol. The zero-order valence-corrected chi connectivity index (χ0v) is 12.1. The molecule has 0 N–H and O–H groups in total. The van der Waals surface area contributed by atoms with E-state index in [4.69, 9.17) is 0 Å². The second-order valence-electron chi connectivity index (χ2n) is 1.91. The molecular formula is C6H11BrClN2Zn-. The van der Waals surface area contributed by atoms with Crippen molar-refractivity contribution in [2.45, 2.75) is 13.5 Å². The van der Waals surface area contributed by atoms with Gasteiger partial charge in [0.25, 0.3) is 0 Å². The zero-order valence-electron chi connectivity index (χ0n) is 6.80. The first kappa shape index (κ1) is 17.6. The van der Waals surface area contributed by atoms with Gasteiger partial charge in [-0.3, -0.25) is 0 Å². The Hall–Kier alpha value is 0.603. The quantitative estimate of drug-likeness (QED) is 0.360. The summed E-state index contributed by atoms with van der Waals surface area (Å²) >= 11 is 0. The molecule has 11 heavy (non-hydrogen) atoms. The minimum absolute atomic E-state index is 0. The van der Waals surface area contributed by atoms with E-state index in [0.717, 1.165) is 6.54 Å². The number of rotatable bonds is 1. The first-order valence-corrected chi connectivity index (χ1v) is 2.84. The molecule has 0 spiro atoms. The first-order chi connectivity index (χ1) is 3.83. The number of aryl methyl sites for hydroxylation is 2. The van der Waals surface area contributed by atoms with Crippen molar-refractivity contribution in [3.63, 3.8) is 0 Å². The van der Waals surface area contributed by atoms with Crippen LogP contribution >= 0.6 is 0 Å². The van der Waals surface area contributed by atoms with Gasteiger partial charge in [0.2, 0.25) is 6.33 Å². The van der Waals surface area contributed by atoms with Gasteiger partial charge in [0, 0.05) is 19.5 Å². The molecule has 0 aliphatic heterocycles. The van der Waals surface area contributed by atoms with Crippen LogP contribution in [-0.2, 0) is 33.1 Å². The standard InChI is InChI=1S/C6H11N2.BrH.ClH.Zn/c1-3-8-5-4-7(2)6-8;;;/h4-6H,3H2,1-2H3;2*1H;/q+1;;;/p-2. The normalized spacial score (nSPS) is 7.09. The maximum atomic E-state index is 2.12. The van der Waals surface area contributed by atoms with Crippen LogP contribution in [0.3, 0.4) is 0 Å². The van der Waals surface area contributed by atoms with E-state index in [1.54, 1.807) is 0 Å². The smallest absolute Gasteiger partial charge is 0.243 e. The van der Waals surface area contributed by atoms with E-state index in [9.17, 15) is 0 Å². The third kappa shape index (κ3) is 5.83. The molecule has 62 valence electrons. The van der Waals surface area contributed by atoms with E-state index in [1.807, 2.05) is 17.8 Å². The van der Waals surface area contributed by atoms with E-state index >= 15 is 0 Å². The van der Waals surface area contributed by atoms with Gasteiger partial charge in [0.05, 0.1) is 13.6 Å². The Labute approximate surface area is 96.9 Å². The van der Waals surface area contributed by atoms with Gasteiger partial charge in [-0.1, -0.05) is 0 Å². The third-order valence-electron chi connectivity index (χ3n) is 1.19. The zero-order chi connectivity index (χ0) is 5.98. The molecule has 0 fully saturated rings. The van der Waals surface area contributed by atoms with E-state index in [1.165, 1.54) is 0 Å². The Balaban J connectivity index is -0.000000213. The maximum absolute atomic E-state index is 2.12. The molecule has 0 atom stereocenters. The maximum Gasteiger partial charge on any atom is 0.243 e. The molecule has 2 nitrogen and oxygen atoms in total. The first-order valence-electron chi connectivity index (χ1n) is 2.84. The number of hydrogen-bond acceptors (Lipinski definition) is 0. The molecule has 0 bridgehead atoms. The van der Waals surface area contributed by atoms with Gasteiger partial charge in [0.15, 0.2) is 0 Å². The monoisotopic (exact) mass is 289 g/mol. The summed E-state index contributed by atoms with van der Waals surface area (Å²) in [7, 11) is 2.02. The molecule has 0 aromatic carbocycles. The molecule has 0 saturated carbocycles. The van der Waals surface area contributed by atoms with Crippen LogP contribution in [0, 0.1) is 0 Å². The molecule has 1 aromatic rings. The van der Waals surface area contributed by atoms with Crippen LogP contribution in [0.15, 0.2) is 18.7 Å². The summed E-state index contributed by atoms with van der Waals surface area (Å²) in [6, 6.07) is 0. The van der Waals surface area contributed by atoms with Crippen LogP contribution in [0.25, 0.3) is 0 Å². The SMILES string of the molecule is CCn1cc[n+](C)c1.[Br-].[Cl-].[Zn]. The molecule has 0 amide bonds. The van der Waals surface area contributed by atoms with Gasteiger partial charge in [-0.15, -0.1) is 0 Å². The minimum Gasteiger partial charge on any atom is -1.00 e. The van der Waals surface area contributed by atoms with Crippen LogP contribution in [0.4, 0.5) is 0 Å². The van der Waals surface area contributed by atoms with E-state index in [0.29, 0.717) is 0 Å². The van der Waals surface area contributed by atoms with Gasteiger partial charge < -0.3 is 29.4 Å². The van der Waals surface area contributed by atoms with Crippen LogP contribution in [0.5, 0.6) is 0 Å². The van der Waals surface area contributed by atoms with Gasteiger partial charge in [0.1, 0.15) is 12.4 Å². The molecule has 0 unspecified atom stereocenters. The second kappa shape index (κ2) is 8.70. The molecule has 0 aliphatic rings. The Morgan fingerprint density at radius 2 is 2.00 bits per heavy atom. The van der Waals surface area contributed by atoms with Crippen LogP contribution < -0.4 is 34.0 Å². The van der Waals surface area contributed by atoms with Crippen LogP contribution in [-0.4, -0.2) is 4.57 Å². The molecule has 1 aromatic heterocycles. The number of halogens is 2. The van der Waals surface area contributed by atoms with E-state index < -0.39 is 0 Å². The molecule has 0 saturated heterocycles. The predicted octanol–water partition coefficient (Wildman–Crippen LogP) is -5.66. The summed E-state index contributed by atoms with van der Waals surface area (Å²) < 4.78 is 4.16. The number of aromatic nitrogens is 2. The van der Waals surface area contributed by atoms with Crippen LogP contribution in [0.2, 0.25) is 0 Å². The molecule has 1 rings (SSSR count). The number of hydrogen-bond donors (Lipinski definition) is 0. The average Bonchev–Trinajstić information content (AvgIpc) is 2.14.